The Balaban J connectivity index is 2.39. The van der Waals surface area contributed by atoms with Crippen LogP contribution in [0.4, 0.5) is 4.79 Å². The van der Waals surface area contributed by atoms with E-state index in [0.717, 1.165) is 22.6 Å². The van der Waals surface area contributed by atoms with Crippen molar-refractivity contribution in [3.63, 3.8) is 0 Å². The lowest BCUT2D eigenvalue weighted by Crippen LogP contribution is -2.41. The third-order valence-electron chi connectivity index (χ3n) is 3.95. The first-order chi connectivity index (χ1) is 11.9. The van der Waals surface area contributed by atoms with Crippen molar-refractivity contribution in [1.82, 2.24) is 9.80 Å². The predicted molar refractivity (Wildman–Crippen MR) is 98.5 cm³/mol. The van der Waals surface area contributed by atoms with Gasteiger partial charge in [-0.3, -0.25) is 0 Å². The highest BCUT2D eigenvalue weighted by atomic mass is 16.5. The Bertz CT molecular complexity index is 690. The minimum Gasteiger partial charge on any atom is -0.497 e. The van der Waals surface area contributed by atoms with Gasteiger partial charge in [-0.1, -0.05) is 17.7 Å². The molecule has 1 unspecified atom stereocenters. The van der Waals surface area contributed by atoms with Crippen molar-refractivity contribution in [2.45, 2.75) is 25.9 Å². The quantitative estimate of drug-likeness (QED) is 0.697. The highest BCUT2D eigenvalue weighted by molar-refractivity contribution is 5.74. The Morgan fingerprint density at radius 1 is 1.24 bits per heavy atom. The molecule has 5 nitrogen and oxygen atoms in total. The number of urea groups is 1. The van der Waals surface area contributed by atoms with E-state index in [1.807, 2.05) is 48.2 Å². The summed E-state index contributed by atoms with van der Waals surface area (Å²) < 4.78 is 10.7. The lowest BCUT2D eigenvalue weighted by molar-refractivity contribution is 0.139. The van der Waals surface area contributed by atoms with Crippen molar-refractivity contribution in [2.24, 2.45) is 0 Å². The van der Waals surface area contributed by atoms with E-state index in [0.29, 0.717) is 13.0 Å². The molecule has 0 N–H and O–H groups in total. The number of methoxy groups -OCH3 is 1. The largest absolute Gasteiger partial charge is 0.497 e. The summed E-state index contributed by atoms with van der Waals surface area (Å²) in [6.07, 6.45) is 2.29. The summed E-state index contributed by atoms with van der Waals surface area (Å²) in [7, 11) is 5.14. The fourth-order valence-corrected chi connectivity index (χ4v) is 2.70. The third-order valence-corrected chi connectivity index (χ3v) is 3.95. The normalized spacial score (nSPS) is 11.7. The van der Waals surface area contributed by atoms with Gasteiger partial charge >= 0.3 is 6.03 Å². The van der Waals surface area contributed by atoms with Crippen LogP contribution >= 0.6 is 0 Å². The maximum atomic E-state index is 12.8. The Labute approximate surface area is 149 Å². The van der Waals surface area contributed by atoms with Crippen LogP contribution in [0.25, 0.3) is 0 Å². The second-order valence-electron chi connectivity index (χ2n) is 6.33. The van der Waals surface area contributed by atoms with E-state index < -0.39 is 0 Å². The van der Waals surface area contributed by atoms with Crippen LogP contribution < -0.4 is 4.74 Å². The van der Waals surface area contributed by atoms with Gasteiger partial charge in [-0.2, -0.15) is 0 Å². The average Bonchev–Trinajstić information content (AvgIpc) is 3.10. The summed E-state index contributed by atoms with van der Waals surface area (Å²) in [5, 5.41) is 0. The smallest absolute Gasteiger partial charge is 0.320 e. The first-order valence-corrected chi connectivity index (χ1v) is 8.21. The molecule has 1 aromatic heterocycles. The Kier molecular flexibility index (Phi) is 6.28. The van der Waals surface area contributed by atoms with Crippen molar-refractivity contribution in [2.75, 3.05) is 21.2 Å². The van der Waals surface area contributed by atoms with E-state index >= 15 is 0 Å². The van der Waals surface area contributed by atoms with Crippen molar-refractivity contribution < 1.29 is 13.9 Å². The van der Waals surface area contributed by atoms with Crippen LogP contribution in [-0.4, -0.2) is 37.0 Å². The minimum absolute atomic E-state index is 0.0709. The lowest BCUT2D eigenvalue weighted by atomic mass is 9.98. The van der Waals surface area contributed by atoms with E-state index in [1.165, 1.54) is 0 Å². The maximum absolute atomic E-state index is 12.8. The summed E-state index contributed by atoms with van der Waals surface area (Å²) in [6.45, 7) is 6.41. The van der Waals surface area contributed by atoms with Crippen LogP contribution in [0.5, 0.6) is 5.75 Å². The van der Waals surface area contributed by atoms with Gasteiger partial charge in [0.05, 0.1) is 26.0 Å². The molecule has 2 amide bonds. The van der Waals surface area contributed by atoms with Gasteiger partial charge in [-0.15, -0.1) is 6.58 Å². The zero-order valence-electron chi connectivity index (χ0n) is 15.4. The van der Waals surface area contributed by atoms with Gasteiger partial charge < -0.3 is 19.0 Å². The molecule has 2 aromatic rings. The zero-order chi connectivity index (χ0) is 18.4. The molecule has 1 atom stereocenters. The summed E-state index contributed by atoms with van der Waals surface area (Å²) >= 11 is 0. The second kappa shape index (κ2) is 8.42. The molecule has 0 fully saturated rings. The molecule has 134 valence electrons. The molecule has 25 heavy (non-hydrogen) atoms. The topological polar surface area (TPSA) is 45.9 Å². The van der Waals surface area contributed by atoms with Crippen LogP contribution in [0.15, 0.2) is 59.2 Å². The number of benzene rings is 1. The first-order valence-electron chi connectivity index (χ1n) is 8.21. The minimum atomic E-state index is -0.136. The summed E-state index contributed by atoms with van der Waals surface area (Å²) in [5.41, 5.74) is 2.04. The summed E-state index contributed by atoms with van der Waals surface area (Å²) in [4.78, 5) is 16.2. The number of amides is 2. The predicted octanol–water partition coefficient (Wildman–Crippen LogP) is 4.48. The SMILES string of the molecule is C=C(C)CC(c1ccc(OC)cc1)N(Cc1ccco1)C(=O)N(C)C. The molecular weight excluding hydrogens is 316 g/mol. The fourth-order valence-electron chi connectivity index (χ4n) is 2.70. The Morgan fingerprint density at radius 2 is 1.92 bits per heavy atom. The molecular formula is C20H26N2O3. The van der Waals surface area contributed by atoms with E-state index in [9.17, 15) is 4.79 Å². The van der Waals surface area contributed by atoms with Gasteiger partial charge in [0.25, 0.3) is 0 Å². The fraction of sp³-hybridized carbons (Fsp3) is 0.350. The van der Waals surface area contributed by atoms with E-state index in [-0.39, 0.29) is 12.1 Å². The van der Waals surface area contributed by atoms with Crippen molar-refractivity contribution in [3.05, 3.63) is 66.1 Å². The molecule has 1 aromatic carbocycles. The number of hydrogen-bond acceptors (Lipinski definition) is 3. The number of carbonyl (C=O) groups is 1. The van der Waals surface area contributed by atoms with Crippen molar-refractivity contribution in [1.29, 1.82) is 0 Å². The van der Waals surface area contributed by atoms with Crippen LogP contribution in [0.2, 0.25) is 0 Å². The van der Waals surface area contributed by atoms with Crippen LogP contribution in [-0.2, 0) is 6.54 Å². The van der Waals surface area contributed by atoms with E-state index in [2.05, 4.69) is 6.58 Å². The number of hydrogen-bond donors (Lipinski definition) is 0. The molecule has 0 bridgehead atoms. The van der Waals surface area contributed by atoms with Gasteiger partial charge in [0, 0.05) is 14.1 Å². The lowest BCUT2D eigenvalue weighted by Gasteiger charge is -2.34. The highest BCUT2D eigenvalue weighted by Gasteiger charge is 2.27. The average molecular weight is 342 g/mol. The maximum Gasteiger partial charge on any atom is 0.320 e. The van der Waals surface area contributed by atoms with Gasteiger partial charge in [-0.05, 0) is 43.2 Å². The third kappa shape index (κ3) is 4.89. The Hall–Kier alpha value is -2.69. The van der Waals surface area contributed by atoms with Gasteiger partial charge in [-0.25, -0.2) is 4.79 Å². The molecule has 0 aliphatic carbocycles. The number of furan rings is 1. The molecule has 0 radical (unpaired) electrons. The summed E-state index contributed by atoms with van der Waals surface area (Å²) in [6, 6.07) is 11.3. The van der Waals surface area contributed by atoms with E-state index in [1.54, 1.807) is 32.4 Å². The second-order valence-corrected chi connectivity index (χ2v) is 6.33. The van der Waals surface area contributed by atoms with Crippen molar-refractivity contribution in [3.8, 4) is 5.75 Å². The van der Waals surface area contributed by atoms with Crippen LogP contribution in [0, 0.1) is 0 Å². The Morgan fingerprint density at radius 3 is 2.40 bits per heavy atom. The molecule has 1 heterocycles. The number of rotatable bonds is 7. The molecule has 0 saturated heterocycles. The monoisotopic (exact) mass is 342 g/mol. The van der Waals surface area contributed by atoms with Crippen LogP contribution in [0.1, 0.15) is 30.7 Å². The van der Waals surface area contributed by atoms with Gasteiger partial charge in [0.1, 0.15) is 11.5 Å². The van der Waals surface area contributed by atoms with Gasteiger partial charge in [0.2, 0.25) is 0 Å². The first kappa shape index (κ1) is 18.6. The number of nitrogens with zero attached hydrogens (tertiary/aromatic N) is 2. The number of carbonyl (C=O) groups excluding carboxylic acids is 1. The van der Waals surface area contributed by atoms with Crippen molar-refractivity contribution >= 4 is 6.03 Å². The van der Waals surface area contributed by atoms with Gasteiger partial charge in [0.15, 0.2) is 0 Å². The molecule has 0 aliphatic heterocycles. The van der Waals surface area contributed by atoms with E-state index in [4.69, 9.17) is 9.15 Å². The highest BCUT2D eigenvalue weighted by Crippen LogP contribution is 2.31. The van der Waals surface area contributed by atoms with Crippen LogP contribution in [0.3, 0.4) is 0 Å². The molecule has 0 aliphatic rings. The standard InChI is InChI=1S/C20H26N2O3/c1-15(2)13-19(16-8-10-17(24-5)11-9-16)22(20(23)21(3)4)14-18-7-6-12-25-18/h6-12,19H,1,13-14H2,2-5H3. The zero-order valence-corrected chi connectivity index (χ0v) is 15.4. The molecule has 5 heteroatoms. The number of ether oxygens (including phenoxy) is 1. The summed E-state index contributed by atoms with van der Waals surface area (Å²) in [5.74, 6) is 1.53. The molecule has 0 saturated carbocycles. The molecule has 2 rings (SSSR count). The molecule has 0 spiro atoms.